The number of anilines is 1. The number of primary amides is 1. The first-order valence-corrected chi connectivity index (χ1v) is 13.2. The number of sulfone groups is 1. The molecule has 3 aliphatic rings. The van der Waals surface area contributed by atoms with Crippen molar-refractivity contribution in [1.82, 2.24) is 9.47 Å². The molecular formula is C24H29FN4O5S. The molecule has 0 radical (unpaired) electrons. The molecule has 0 bridgehead atoms. The van der Waals surface area contributed by atoms with Gasteiger partial charge in [-0.2, -0.15) is 0 Å². The lowest BCUT2D eigenvalue weighted by molar-refractivity contribution is -0.127. The normalized spacial score (nSPS) is 22.1. The van der Waals surface area contributed by atoms with Gasteiger partial charge in [0.1, 0.15) is 5.82 Å². The molecule has 5 rings (SSSR count). The SMILES string of the molecule is CC(=O)N1CC[C@@H](Nc2cc(-n3c4c(c5c3CC(C)(C)CS5(=O)=O)COC4)cc(F)c2C(N)=O)C1. The van der Waals surface area contributed by atoms with E-state index in [1.54, 1.807) is 15.5 Å². The van der Waals surface area contributed by atoms with E-state index < -0.39 is 27.0 Å². The minimum absolute atomic E-state index is 0.0273. The molecule has 35 heavy (non-hydrogen) atoms. The third-order valence-electron chi connectivity index (χ3n) is 7.02. The summed E-state index contributed by atoms with van der Waals surface area (Å²) in [5, 5.41) is 3.20. The van der Waals surface area contributed by atoms with Crippen LogP contribution in [0.3, 0.4) is 0 Å². The van der Waals surface area contributed by atoms with Crippen LogP contribution in [0.1, 0.15) is 54.5 Å². The van der Waals surface area contributed by atoms with Gasteiger partial charge >= 0.3 is 0 Å². The number of likely N-dealkylation sites (tertiary alicyclic amines) is 1. The summed E-state index contributed by atoms with van der Waals surface area (Å²) in [5.41, 5.74) is 7.27. The maximum absolute atomic E-state index is 15.4. The van der Waals surface area contributed by atoms with Gasteiger partial charge in [-0.1, -0.05) is 13.8 Å². The Kier molecular flexibility index (Phi) is 5.48. The fraction of sp³-hybridized carbons (Fsp3) is 0.500. The highest BCUT2D eigenvalue weighted by Crippen LogP contribution is 2.44. The number of carbonyl (C=O) groups is 2. The molecule has 0 aliphatic carbocycles. The Hall–Kier alpha value is -2.92. The highest BCUT2D eigenvalue weighted by Gasteiger charge is 2.43. The maximum atomic E-state index is 15.4. The Labute approximate surface area is 203 Å². The van der Waals surface area contributed by atoms with Crippen LogP contribution < -0.4 is 11.1 Å². The van der Waals surface area contributed by atoms with Gasteiger partial charge in [0.2, 0.25) is 5.91 Å². The van der Waals surface area contributed by atoms with Crippen molar-refractivity contribution in [2.45, 2.75) is 57.8 Å². The van der Waals surface area contributed by atoms with Gasteiger partial charge in [-0.25, -0.2) is 12.8 Å². The number of aromatic nitrogens is 1. The molecule has 1 saturated heterocycles. The number of amides is 2. The van der Waals surface area contributed by atoms with Crippen molar-refractivity contribution in [3.05, 3.63) is 40.5 Å². The van der Waals surface area contributed by atoms with E-state index in [9.17, 15) is 18.0 Å². The molecule has 0 spiro atoms. The summed E-state index contributed by atoms with van der Waals surface area (Å²) in [5.74, 6) is -1.74. The molecule has 0 saturated carbocycles. The van der Waals surface area contributed by atoms with Crippen molar-refractivity contribution in [2.75, 3.05) is 24.2 Å². The molecule has 1 aromatic carbocycles. The molecule has 3 N–H and O–H groups in total. The first kappa shape index (κ1) is 23.8. The molecule has 11 heteroatoms. The van der Waals surface area contributed by atoms with E-state index in [4.69, 9.17) is 10.5 Å². The minimum Gasteiger partial charge on any atom is -0.380 e. The average molecular weight is 505 g/mol. The fourth-order valence-corrected chi connectivity index (χ4v) is 8.00. The zero-order valence-corrected chi connectivity index (χ0v) is 20.8. The quantitative estimate of drug-likeness (QED) is 0.658. The lowest BCUT2D eigenvalue weighted by Gasteiger charge is -2.31. The molecule has 1 atom stereocenters. The molecule has 1 fully saturated rings. The van der Waals surface area contributed by atoms with Crippen LogP contribution in [0.2, 0.25) is 0 Å². The van der Waals surface area contributed by atoms with Crippen LogP contribution in [-0.2, 0) is 39.0 Å². The van der Waals surface area contributed by atoms with Crippen LogP contribution >= 0.6 is 0 Å². The summed E-state index contributed by atoms with van der Waals surface area (Å²) >= 11 is 0. The predicted octanol–water partition coefficient (Wildman–Crippen LogP) is 2.13. The number of hydrogen-bond acceptors (Lipinski definition) is 6. The number of hydrogen-bond donors (Lipinski definition) is 2. The van der Waals surface area contributed by atoms with Crippen molar-refractivity contribution in [2.24, 2.45) is 11.1 Å². The molecule has 1 aromatic heterocycles. The van der Waals surface area contributed by atoms with E-state index >= 15 is 4.39 Å². The fourth-order valence-electron chi connectivity index (χ4n) is 5.65. The lowest BCUT2D eigenvalue weighted by atomic mass is 9.89. The van der Waals surface area contributed by atoms with Gasteiger partial charge in [0.05, 0.1) is 46.5 Å². The first-order chi connectivity index (χ1) is 16.4. The molecule has 2 amide bonds. The van der Waals surface area contributed by atoms with Crippen molar-refractivity contribution < 1.29 is 27.1 Å². The second kappa shape index (κ2) is 8.06. The van der Waals surface area contributed by atoms with Crippen molar-refractivity contribution in [3.63, 3.8) is 0 Å². The molecule has 2 aromatic rings. The molecule has 3 aliphatic heterocycles. The van der Waals surface area contributed by atoms with E-state index in [1.165, 1.54) is 13.0 Å². The van der Waals surface area contributed by atoms with Crippen LogP contribution in [0.15, 0.2) is 17.0 Å². The van der Waals surface area contributed by atoms with Crippen LogP contribution in [-0.4, -0.2) is 54.6 Å². The molecule has 188 valence electrons. The topological polar surface area (TPSA) is 124 Å². The van der Waals surface area contributed by atoms with Gasteiger partial charge in [0.15, 0.2) is 9.84 Å². The zero-order chi connectivity index (χ0) is 25.3. The van der Waals surface area contributed by atoms with Crippen LogP contribution in [0.4, 0.5) is 10.1 Å². The van der Waals surface area contributed by atoms with Gasteiger partial charge in [0, 0.05) is 37.3 Å². The summed E-state index contributed by atoms with van der Waals surface area (Å²) in [7, 11) is -3.56. The second-order valence-electron chi connectivity index (χ2n) is 10.4. The summed E-state index contributed by atoms with van der Waals surface area (Å²) in [6.07, 6.45) is 1.13. The Morgan fingerprint density at radius 2 is 1.97 bits per heavy atom. The van der Waals surface area contributed by atoms with E-state index in [2.05, 4.69) is 5.32 Å². The van der Waals surface area contributed by atoms with E-state index in [0.29, 0.717) is 48.6 Å². The Balaban J connectivity index is 1.66. The number of nitrogens with one attached hydrogen (secondary N) is 1. The predicted molar refractivity (Wildman–Crippen MR) is 127 cm³/mol. The summed E-state index contributed by atoms with van der Waals surface area (Å²) in [6, 6.07) is 2.67. The van der Waals surface area contributed by atoms with Gasteiger partial charge < -0.3 is 25.3 Å². The Morgan fingerprint density at radius 1 is 1.23 bits per heavy atom. The lowest BCUT2D eigenvalue weighted by Crippen LogP contribution is -2.33. The first-order valence-electron chi connectivity index (χ1n) is 11.6. The molecule has 9 nitrogen and oxygen atoms in total. The second-order valence-corrected chi connectivity index (χ2v) is 12.4. The Bertz CT molecular complexity index is 1360. The van der Waals surface area contributed by atoms with Crippen LogP contribution in [0, 0.1) is 11.2 Å². The number of nitrogens with two attached hydrogens (primary N) is 1. The average Bonchev–Trinajstić information content (AvgIpc) is 3.41. The number of halogens is 1. The van der Waals surface area contributed by atoms with Crippen molar-refractivity contribution in [3.8, 4) is 5.69 Å². The van der Waals surface area contributed by atoms with Crippen LogP contribution in [0.25, 0.3) is 5.69 Å². The highest BCUT2D eigenvalue weighted by atomic mass is 32.2. The highest BCUT2D eigenvalue weighted by molar-refractivity contribution is 7.91. The van der Waals surface area contributed by atoms with E-state index in [1.807, 2.05) is 13.8 Å². The number of nitrogens with zero attached hydrogens (tertiary/aromatic N) is 2. The zero-order valence-electron chi connectivity index (χ0n) is 20.0. The molecule has 0 unspecified atom stereocenters. The van der Waals surface area contributed by atoms with Crippen molar-refractivity contribution in [1.29, 1.82) is 0 Å². The summed E-state index contributed by atoms with van der Waals surface area (Å²) in [6.45, 7) is 6.66. The van der Waals surface area contributed by atoms with E-state index in [0.717, 1.165) is 0 Å². The van der Waals surface area contributed by atoms with Gasteiger partial charge in [-0.15, -0.1) is 0 Å². The monoisotopic (exact) mass is 504 g/mol. The molecular weight excluding hydrogens is 475 g/mol. The number of benzene rings is 1. The minimum atomic E-state index is -3.56. The largest absolute Gasteiger partial charge is 0.380 e. The summed E-state index contributed by atoms with van der Waals surface area (Å²) in [4.78, 5) is 25.8. The Morgan fingerprint density at radius 3 is 2.63 bits per heavy atom. The van der Waals surface area contributed by atoms with Crippen LogP contribution in [0.5, 0.6) is 0 Å². The third-order valence-corrected chi connectivity index (χ3v) is 9.29. The number of carbonyl (C=O) groups excluding carboxylic acids is 2. The third kappa shape index (κ3) is 4.00. The smallest absolute Gasteiger partial charge is 0.253 e. The van der Waals surface area contributed by atoms with Crippen molar-refractivity contribution >= 4 is 27.3 Å². The number of rotatable bonds is 4. The summed E-state index contributed by atoms with van der Waals surface area (Å²) < 4.78 is 49.2. The van der Waals surface area contributed by atoms with Gasteiger partial charge in [0.25, 0.3) is 5.91 Å². The standard InChI is InChI=1S/C24H29FN4O5S/c1-13(30)28-5-4-14(9-28)27-18-7-15(6-17(25)21(18)23(26)31)29-19-8-24(2,3)12-35(32,33)22(19)16-10-34-11-20(16)29/h6-7,14,27H,4-5,8-12H2,1-3H3,(H2,26,31)/t14-/m1/s1. The number of ether oxygens (including phenoxy) is 1. The van der Waals surface area contributed by atoms with Gasteiger partial charge in [-0.3, -0.25) is 9.59 Å². The maximum Gasteiger partial charge on any atom is 0.253 e. The van der Waals surface area contributed by atoms with Gasteiger partial charge in [-0.05, 0) is 30.4 Å². The number of fused-ring (bicyclic) bond motifs is 3. The van der Waals surface area contributed by atoms with E-state index in [-0.39, 0.29) is 47.1 Å². The molecule has 4 heterocycles.